The van der Waals surface area contributed by atoms with Crippen molar-refractivity contribution >= 4 is 21.6 Å². The number of benzene rings is 2. The van der Waals surface area contributed by atoms with E-state index in [4.69, 9.17) is 4.74 Å². The van der Waals surface area contributed by atoms with Gasteiger partial charge in [-0.05, 0) is 63.6 Å². The van der Waals surface area contributed by atoms with E-state index in [1.807, 2.05) is 20.8 Å². The van der Waals surface area contributed by atoms with E-state index >= 15 is 0 Å². The molecule has 0 aliphatic rings. The average Bonchev–Trinajstić information content (AvgIpc) is 2.61. The number of rotatable bonds is 9. The highest BCUT2D eigenvalue weighted by atomic mass is 32.2. The summed E-state index contributed by atoms with van der Waals surface area (Å²) in [7, 11) is -3.66. The molecule has 0 aliphatic heterocycles. The molecule has 0 aromatic heterocycles. The fourth-order valence-electron chi connectivity index (χ4n) is 2.32. The molecule has 0 aliphatic carbocycles. The van der Waals surface area contributed by atoms with Gasteiger partial charge in [0.1, 0.15) is 0 Å². The van der Waals surface area contributed by atoms with Gasteiger partial charge < -0.3 is 10.1 Å². The molecule has 6 nitrogen and oxygen atoms in total. The van der Waals surface area contributed by atoms with E-state index in [0.29, 0.717) is 24.4 Å². The maximum atomic E-state index is 12.4. The Morgan fingerprint density at radius 3 is 2.26 bits per heavy atom. The highest BCUT2D eigenvalue weighted by molar-refractivity contribution is 7.92. The molecule has 27 heavy (non-hydrogen) atoms. The zero-order chi connectivity index (χ0) is 19.9. The van der Waals surface area contributed by atoms with Crippen molar-refractivity contribution < 1.29 is 17.9 Å². The number of anilines is 1. The number of carbonyl (C=O) groups excluding carboxylic acids is 1. The molecule has 0 saturated heterocycles. The Bertz CT molecular complexity index is 845. The number of amides is 1. The zero-order valence-corrected chi connectivity index (χ0v) is 16.7. The SMILES string of the molecule is Cc1ccc(S(=O)(=O)Nc2ccc(C(=O)NCCCOC(C)C)cc2)cc1. The number of nitrogens with one attached hydrogen (secondary N) is 2. The van der Waals surface area contributed by atoms with Crippen molar-refractivity contribution in [1.29, 1.82) is 0 Å². The lowest BCUT2D eigenvalue weighted by Crippen LogP contribution is -2.25. The summed E-state index contributed by atoms with van der Waals surface area (Å²) in [5.41, 5.74) is 1.86. The van der Waals surface area contributed by atoms with Gasteiger partial charge in [0, 0.05) is 24.4 Å². The standard InChI is InChI=1S/C20H26N2O4S/c1-15(2)26-14-4-13-21-20(23)17-7-9-18(10-8-17)22-27(24,25)19-11-5-16(3)6-12-19/h5-12,15,22H,4,13-14H2,1-3H3,(H,21,23). The smallest absolute Gasteiger partial charge is 0.261 e. The third-order valence-corrected chi connectivity index (χ3v) is 5.19. The summed E-state index contributed by atoms with van der Waals surface area (Å²) < 4.78 is 32.7. The summed E-state index contributed by atoms with van der Waals surface area (Å²) in [5, 5.41) is 2.81. The van der Waals surface area contributed by atoms with Crippen LogP contribution in [0.25, 0.3) is 0 Å². The van der Waals surface area contributed by atoms with E-state index in [-0.39, 0.29) is 16.9 Å². The maximum absolute atomic E-state index is 12.4. The van der Waals surface area contributed by atoms with Crippen LogP contribution in [0, 0.1) is 6.92 Å². The normalized spacial score (nSPS) is 11.4. The van der Waals surface area contributed by atoms with Crippen LogP contribution in [0.1, 0.15) is 36.2 Å². The van der Waals surface area contributed by atoms with Crippen LogP contribution in [0.3, 0.4) is 0 Å². The summed E-state index contributed by atoms with van der Waals surface area (Å²) >= 11 is 0. The molecule has 7 heteroatoms. The van der Waals surface area contributed by atoms with E-state index in [1.54, 1.807) is 48.5 Å². The minimum atomic E-state index is -3.66. The Morgan fingerprint density at radius 1 is 1.04 bits per heavy atom. The number of hydrogen-bond donors (Lipinski definition) is 2. The lowest BCUT2D eigenvalue weighted by Gasteiger charge is -2.10. The molecule has 0 bridgehead atoms. The molecule has 0 atom stereocenters. The van der Waals surface area contributed by atoms with Crippen molar-refractivity contribution in [3.8, 4) is 0 Å². The van der Waals surface area contributed by atoms with Crippen molar-refractivity contribution in [1.82, 2.24) is 5.32 Å². The number of carbonyl (C=O) groups is 1. The van der Waals surface area contributed by atoms with Gasteiger partial charge in [0.15, 0.2) is 0 Å². The van der Waals surface area contributed by atoms with Crippen LogP contribution in [0.4, 0.5) is 5.69 Å². The highest BCUT2D eigenvalue weighted by Gasteiger charge is 2.14. The minimum absolute atomic E-state index is 0.178. The second kappa shape index (κ2) is 9.53. The van der Waals surface area contributed by atoms with Gasteiger partial charge in [-0.1, -0.05) is 17.7 Å². The van der Waals surface area contributed by atoms with Gasteiger partial charge in [-0.15, -0.1) is 0 Å². The molecule has 0 spiro atoms. The van der Waals surface area contributed by atoms with Crippen molar-refractivity contribution in [2.24, 2.45) is 0 Å². The van der Waals surface area contributed by atoms with Crippen molar-refractivity contribution in [3.63, 3.8) is 0 Å². The third kappa shape index (κ3) is 6.69. The zero-order valence-electron chi connectivity index (χ0n) is 15.9. The molecule has 2 rings (SSSR count). The molecule has 2 aromatic rings. The summed E-state index contributed by atoms with van der Waals surface area (Å²) in [6.07, 6.45) is 0.912. The number of sulfonamides is 1. The van der Waals surface area contributed by atoms with Crippen LogP contribution in [-0.2, 0) is 14.8 Å². The largest absolute Gasteiger partial charge is 0.379 e. The van der Waals surface area contributed by atoms with E-state index in [1.165, 1.54) is 0 Å². The molecular weight excluding hydrogens is 364 g/mol. The first-order valence-corrected chi connectivity index (χ1v) is 10.4. The Morgan fingerprint density at radius 2 is 1.67 bits per heavy atom. The first-order chi connectivity index (χ1) is 12.8. The quantitative estimate of drug-likeness (QED) is 0.643. The van der Waals surface area contributed by atoms with E-state index in [9.17, 15) is 13.2 Å². The van der Waals surface area contributed by atoms with Gasteiger partial charge in [0.2, 0.25) is 0 Å². The number of hydrogen-bond acceptors (Lipinski definition) is 4. The molecule has 2 N–H and O–H groups in total. The summed E-state index contributed by atoms with van der Waals surface area (Å²) in [5.74, 6) is -0.201. The summed E-state index contributed by atoms with van der Waals surface area (Å²) in [4.78, 5) is 12.3. The Kier molecular flexibility index (Phi) is 7.38. The fourth-order valence-corrected chi connectivity index (χ4v) is 3.37. The minimum Gasteiger partial charge on any atom is -0.379 e. The van der Waals surface area contributed by atoms with Crippen LogP contribution in [0.5, 0.6) is 0 Å². The first-order valence-electron chi connectivity index (χ1n) is 8.87. The van der Waals surface area contributed by atoms with Crippen molar-refractivity contribution in [2.45, 2.75) is 38.2 Å². The average molecular weight is 391 g/mol. The Labute approximate surface area is 161 Å². The second-order valence-electron chi connectivity index (χ2n) is 6.52. The monoisotopic (exact) mass is 390 g/mol. The number of aryl methyl sites for hydroxylation is 1. The molecule has 146 valence electrons. The molecule has 0 fully saturated rings. The maximum Gasteiger partial charge on any atom is 0.261 e. The van der Waals surface area contributed by atoms with Crippen LogP contribution < -0.4 is 10.0 Å². The van der Waals surface area contributed by atoms with Gasteiger partial charge in [-0.2, -0.15) is 0 Å². The van der Waals surface area contributed by atoms with Gasteiger partial charge in [-0.25, -0.2) is 8.42 Å². The van der Waals surface area contributed by atoms with E-state index < -0.39 is 10.0 Å². The number of ether oxygens (including phenoxy) is 1. The van der Waals surface area contributed by atoms with Crippen molar-refractivity contribution in [3.05, 3.63) is 59.7 Å². The highest BCUT2D eigenvalue weighted by Crippen LogP contribution is 2.17. The molecule has 2 aromatic carbocycles. The first kappa shape index (κ1) is 20.9. The van der Waals surface area contributed by atoms with Crippen LogP contribution in [-0.4, -0.2) is 33.6 Å². The lowest BCUT2D eigenvalue weighted by molar-refractivity contribution is 0.0757. The molecule has 0 unspecified atom stereocenters. The predicted octanol–water partition coefficient (Wildman–Crippen LogP) is 3.34. The Balaban J connectivity index is 1.90. The fraction of sp³-hybridized carbons (Fsp3) is 0.350. The topological polar surface area (TPSA) is 84.5 Å². The van der Waals surface area contributed by atoms with Crippen molar-refractivity contribution in [2.75, 3.05) is 17.9 Å². The molecular formula is C20H26N2O4S. The summed E-state index contributed by atoms with van der Waals surface area (Å²) in [6.45, 7) is 6.94. The predicted molar refractivity (Wildman–Crippen MR) is 106 cm³/mol. The Hall–Kier alpha value is -2.38. The van der Waals surface area contributed by atoms with Crippen LogP contribution in [0.15, 0.2) is 53.4 Å². The van der Waals surface area contributed by atoms with Crippen LogP contribution >= 0.6 is 0 Å². The van der Waals surface area contributed by atoms with Gasteiger partial charge in [-0.3, -0.25) is 9.52 Å². The van der Waals surface area contributed by atoms with Crippen LogP contribution in [0.2, 0.25) is 0 Å². The van der Waals surface area contributed by atoms with Gasteiger partial charge in [0.05, 0.1) is 11.0 Å². The molecule has 1 amide bonds. The molecule has 0 heterocycles. The molecule has 0 radical (unpaired) electrons. The summed E-state index contributed by atoms with van der Waals surface area (Å²) in [6, 6.07) is 12.9. The lowest BCUT2D eigenvalue weighted by atomic mass is 10.2. The third-order valence-electron chi connectivity index (χ3n) is 3.79. The van der Waals surface area contributed by atoms with E-state index in [2.05, 4.69) is 10.0 Å². The van der Waals surface area contributed by atoms with Gasteiger partial charge >= 0.3 is 0 Å². The molecule has 0 saturated carbocycles. The van der Waals surface area contributed by atoms with Gasteiger partial charge in [0.25, 0.3) is 15.9 Å². The van der Waals surface area contributed by atoms with E-state index in [0.717, 1.165) is 12.0 Å². The second-order valence-corrected chi connectivity index (χ2v) is 8.21.